The minimum absolute atomic E-state index is 0.151. The number of nitrogens with zero attached hydrogens (tertiary/aromatic N) is 1. The summed E-state index contributed by atoms with van der Waals surface area (Å²) in [4.78, 5) is 2.59. The zero-order chi connectivity index (χ0) is 14.0. The van der Waals surface area contributed by atoms with Gasteiger partial charge in [-0.05, 0) is 56.7 Å². The first-order valence-corrected chi connectivity index (χ1v) is 7.55. The highest BCUT2D eigenvalue weighted by Gasteiger charge is 2.38. The average Bonchev–Trinajstić information content (AvgIpc) is 2.38. The van der Waals surface area contributed by atoms with Gasteiger partial charge in [-0.1, -0.05) is 32.0 Å². The third kappa shape index (κ3) is 2.64. The van der Waals surface area contributed by atoms with E-state index in [-0.39, 0.29) is 5.54 Å². The number of hydrogen-bond acceptors (Lipinski definition) is 2. The Balaban J connectivity index is 2.40. The molecule has 0 spiro atoms. The van der Waals surface area contributed by atoms with E-state index in [2.05, 4.69) is 56.9 Å². The van der Waals surface area contributed by atoms with Crippen molar-refractivity contribution in [1.29, 1.82) is 0 Å². The summed E-state index contributed by atoms with van der Waals surface area (Å²) in [5.74, 6) is 1.15. The van der Waals surface area contributed by atoms with E-state index in [1.54, 1.807) is 0 Å². The zero-order valence-corrected chi connectivity index (χ0v) is 12.8. The van der Waals surface area contributed by atoms with Crippen molar-refractivity contribution in [2.75, 3.05) is 18.0 Å². The van der Waals surface area contributed by atoms with Crippen LogP contribution in [-0.4, -0.2) is 18.6 Å². The van der Waals surface area contributed by atoms with E-state index in [9.17, 15) is 0 Å². The van der Waals surface area contributed by atoms with Gasteiger partial charge in [0.1, 0.15) is 0 Å². The number of nitrogens with two attached hydrogens (primary N) is 1. The Bertz CT molecular complexity index is 423. The summed E-state index contributed by atoms with van der Waals surface area (Å²) in [6.07, 6.45) is 2.50. The van der Waals surface area contributed by atoms with Gasteiger partial charge in [-0.15, -0.1) is 0 Å². The Kier molecular flexibility index (Phi) is 4.19. The molecule has 0 radical (unpaired) electrons. The highest BCUT2D eigenvalue weighted by Crippen LogP contribution is 2.39. The largest absolute Gasteiger partial charge is 0.366 e. The van der Waals surface area contributed by atoms with Crippen LogP contribution in [0.2, 0.25) is 0 Å². The van der Waals surface area contributed by atoms with Gasteiger partial charge in [0.05, 0.1) is 0 Å². The van der Waals surface area contributed by atoms with Crippen molar-refractivity contribution in [1.82, 2.24) is 0 Å². The number of rotatable bonds is 3. The van der Waals surface area contributed by atoms with Crippen LogP contribution >= 0.6 is 0 Å². The van der Waals surface area contributed by atoms with Crippen molar-refractivity contribution in [3.8, 4) is 0 Å². The summed E-state index contributed by atoms with van der Waals surface area (Å²) in [7, 11) is 0. The van der Waals surface area contributed by atoms with E-state index in [1.165, 1.54) is 24.1 Å². The molecule has 106 valence electrons. The van der Waals surface area contributed by atoms with Gasteiger partial charge in [0, 0.05) is 17.8 Å². The first-order valence-electron chi connectivity index (χ1n) is 7.55. The van der Waals surface area contributed by atoms with Crippen molar-refractivity contribution in [2.24, 2.45) is 11.7 Å². The van der Waals surface area contributed by atoms with Crippen molar-refractivity contribution in [2.45, 2.75) is 52.0 Å². The van der Waals surface area contributed by atoms with Crippen LogP contribution in [0.3, 0.4) is 0 Å². The fraction of sp³-hybridized carbons (Fsp3) is 0.647. The Hall–Kier alpha value is -1.02. The van der Waals surface area contributed by atoms with E-state index in [1.807, 2.05) is 0 Å². The molecule has 1 aromatic carbocycles. The molecule has 2 N–H and O–H groups in total. The highest BCUT2D eigenvalue weighted by atomic mass is 15.2. The molecule has 0 amide bonds. The Labute approximate surface area is 118 Å². The second-order valence-corrected chi connectivity index (χ2v) is 6.59. The number of benzene rings is 1. The SMILES string of the molecule is CC(C)c1ccccc1N1CCCC(CN)C1(C)C. The van der Waals surface area contributed by atoms with Crippen molar-refractivity contribution >= 4 is 5.69 Å². The lowest BCUT2D eigenvalue weighted by Crippen LogP contribution is -2.55. The van der Waals surface area contributed by atoms with Gasteiger partial charge in [-0.25, -0.2) is 0 Å². The minimum Gasteiger partial charge on any atom is -0.366 e. The third-order valence-electron chi connectivity index (χ3n) is 4.76. The molecule has 2 heteroatoms. The van der Waals surface area contributed by atoms with Gasteiger partial charge in [-0.3, -0.25) is 0 Å². The lowest BCUT2D eigenvalue weighted by Gasteiger charge is -2.50. The van der Waals surface area contributed by atoms with E-state index < -0.39 is 0 Å². The molecule has 1 heterocycles. The van der Waals surface area contributed by atoms with Crippen LogP contribution in [-0.2, 0) is 0 Å². The molecule has 1 saturated heterocycles. The standard InChI is InChI=1S/C17H28N2/c1-13(2)15-9-5-6-10-16(15)19-11-7-8-14(12-18)17(19,3)4/h5-6,9-10,13-14H,7-8,11-12,18H2,1-4H3. The topological polar surface area (TPSA) is 29.3 Å². The molecule has 1 aliphatic heterocycles. The smallest absolute Gasteiger partial charge is 0.0405 e. The second-order valence-electron chi connectivity index (χ2n) is 6.59. The van der Waals surface area contributed by atoms with Crippen LogP contribution in [0.25, 0.3) is 0 Å². The quantitative estimate of drug-likeness (QED) is 0.896. The molecule has 1 atom stereocenters. The van der Waals surface area contributed by atoms with Crippen LogP contribution < -0.4 is 10.6 Å². The predicted octanol–water partition coefficient (Wildman–Crippen LogP) is 3.76. The van der Waals surface area contributed by atoms with E-state index >= 15 is 0 Å². The molecular weight excluding hydrogens is 232 g/mol. The Morgan fingerprint density at radius 2 is 2.00 bits per heavy atom. The van der Waals surface area contributed by atoms with Crippen molar-refractivity contribution in [3.05, 3.63) is 29.8 Å². The van der Waals surface area contributed by atoms with E-state index in [0.29, 0.717) is 11.8 Å². The van der Waals surface area contributed by atoms with Gasteiger partial charge in [0.15, 0.2) is 0 Å². The van der Waals surface area contributed by atoms with Gasteiger partial charge in [-0.2, -0.15) is 0 Å². The van der Waals surface area contributed by atoms with Crippen LogP contribution in [0, 0.1) is 5.92 Å². The highest BCUT2D eigenvalue weighted by molar-refractivity contribution is 5.57. The maximum absolute atomic E-state index is 5.99. The molecule has 0 saturated carbocycles. The fourth-order valence-corrected chi connectivity index (χ4v) is 3.42. The Morgan fingerprint density at radius 1 is 1.32 bits per heavy atom. The number of anilines is 1. The predicted molar refractivity (Wildman–Crippen MR) is 83.7 cm³/mol. The molecule has 1 fully saturated rings. The molecule has 1 aliphatic rings. The van der Waals surface area contributed by atoms with Gasteiger partial charge < -0.3 is 10.6 Å². The third-order valence-corrected chi connectivity index (χ3v) is 4.76. The maximum atomic E-state index is 5.99. The normalized spacial score (nSPS) is 22.8. The molecule has 0 aliphatic carbocycles. The summed E-state index contributed by atoms with van der Waals surface area (Å²) in [5, 5.41) is 0. The number of piperidine rings is 1. The van der Waals surface area contributed by atoms with Crippen molar-refractivity contribution in [3.63, 3.8) is 0 Å². The summed E-state index contributed by atoms with van der Waals surface area (Å²) in [5.41, 5.74) is 9.00. The summed E-state index contributed by atoms with van der Waals surface area (Å²) >= 11 is 0. The van der Waals surface area contributed by atoms with Gasteiger partial charge in [0.2, 0.25) is 0 Å². The van der Waals surface area contributed by atoms with Gasteiger partial charge in [0.25, 0.3) is 0 Å². The van der Waals surface area contributed by atoms with E-state index in [0.717, 1.165) is 13.1 Å². The van der Waals surface area contributed by atoms with Crippen LogP contribution in [0.1, 0.15) is 52.0 Å². The maximum Gasteiger partial charge on any atom is 0.0405 e. The molecule has 2 nitrogen and oxygen atoms in total. The van der Waals surface area contributed by atoms with Crippen molar-refractivity contribution < 1.29 is 0 Å². The van der Waals surface area contributed by atoms with E-state index in [4.69, 9.17) is 5.73 Å². The molecule has 2 rings (SSSR count). The zero-order valence-electron chi connectivity index (χ0n) is 12.8. The second kappa shape index (κ2) is 5.54. The van der Waals surface area contributed by atoms with Gasteiger partial charge >= 0.3 is 0 Å². The lowest BCUT2D eigenvalue weighted by molar-refractivity contribution is 0.244. The molecule has 19 heavy (non-hydrogen) atoms. The molecular formula is C17H28N2. The summed E-state index contributed by atoms with van der Waals surface area (Å²) in [6, 6.07) is 8.84. The number of hydrogen-bond donors (Lipinski definition) is 1. The minimum atomic E-state index is 0.151. The first-order chi connectivity index (χ1) is 8.98. The van der Waals surface area contributed by atoms with Crippen LogP contribution in [0.15, 0.2) is 24.3 Å². The lowest BCUT2D eigenvalue weighted by atomic mass is 9.78. The summed E-state index contributed by atoms with van der Waals surface area (Å²) in [6.45, 7) is 11.2. The molecule has 1 unspecified atom stereocenters. The molecule has 0 bridgehead atoms. The first kappa shape index (κ1) is 14.4. The fourth-order valence-electron chi connectivity index (χ4n) is 3.42. The number of para-hydroxylation sites is 1. The monoisotopic (exact) mass is 260 g/mol. The Morgan fingerprint density at radius 3 is 2.63 bits per heavy atom. The molecule has 1 aromatic rings. The summed E-state index contributed by atoms with van der Waals surface area (Å²) < 4.78 is 0. The average molecular weight is 260 g/mol. The van der Waals surface area contributed by atoms with Crippen LogP contribution in [0.4, 0.5) is 5.69 Å². The molecule has 0 aromatic heterocycles. The van der Waals surface area contributed by atoms with Crippen LogP contribution in [0.5, 0.6) is 0 Å².